The first-order chi connectivity index (χ1) is 16.2. The van der Waals surface area contributed by atoms with E-state index in [1.807, 2.05) is 30.3 Å². The van der Waals surface area contributed by atoms with Crippen LogP contribution in [-0.2, 0) is 0 Å². The molecule has 3 heteroatoms. The zero-order valence-electron chi connectivity index (χ0n) is 19.2. The lowest BCUT2D eigenvalue weighted by Crippen LogP contribution is -2.06. The predicted molar refractivity (Wildman–Crippen MR) is 134 cm³/mol. The molecule has 4 aromatic rings. The fourth-order valence-corrected chi connectivity index (χ4v) is 4.11. The summed E-state index contributed by atoms with van der Waals surface area (Å²) in [6.07, 6.45) is 2.30. The number of hydrogen-bond acceptors (Lipinski definition) is 3. The second-order valence-electron chi connectivity index (χ2n) is 7.65. The van der Waals surface area contributed by atoms with Crippen LogP contribution in [0.5, 0.6) is 17.2 Å². The molecule has 0 aromatic heterocycles. The normalized spacial score (nSPS) is 11.4. The molecule has 4 rings (SSSR count). The van der Waals surface area contributed by atoms with Crippen LogP contribution in [-0.4, -0.2) is 21.3 Å². The Balaban J connectivity index is 2.00. The van der Waals surface area contributed by atoms with E-state index in [-0.39, 0.29) is 5.92 Å². The first kappa shape index (κ1) is 22.2. The highest BCUT2D eigenvalue weighted by molar-refractivity contribution is 5.81. The summed E-state index contributed by atoms with van der Waals surface area (Å²) in [6, 6.07) is 35.2. The van der Waals surface area contributed by atoms with Gasteiger partial charge >= 0.3 is 0 Å². The van der Waals surface area contributed by atoms with Gasteiger partial charge < -0.3 is 14.2 Å². The van der Waals surface area contributed by atoms with Crippen LogP contribution in [0.25, 0.3) is 5.57 Å². The standard InChI is InChI=1S/C30H28O3/c1-31-25-19-28(32-2)30(29(20-25)33-3)27(24-17-11-6-12-18-24)21-26(22-13-7-4-8-14-22)23-15-9-5-10-16-23/h4-21,27H,1-3H3. The van der Waals surface area contributed by atoms with Crippen molar-refractivity contribution in [1.82, 2.24) is 0 Å². The number of ether oxygens (including phenoxy) is 3. The molecular formula is C30H28O3. The highest BCUT2D eigenvalue weighted by Gasteiger charge is 2.24. The summed E-state index contributed by atoms with van der Waals surface area (Å²) in [5.41, 5.74) is 5.54. The van der Waals surface area contributed by atoms with Crippen molar-refractivity contribution in [1.29, 1.82) is 0 Å². The molecule has 0 fully saturated rings. The molecule has 4 aromatic carbocycles. The maximum Gasteiger partial charge on any atom is 0.130 e. The van der Waals surface area contributed by atoms with Crippen molar-refractivity contribution < 1.29 is 14.2 Å². The Labute approximate surface area is 195 Å². The third-order valence-corrected chi connectivity index (χ3v) is 5.73. The van der Waals surface area contributed by atoms with E-state index in [0.717, 1.165) is 39.3 Å². The summed E-state index contributed by atoms with van der Waals surface area (Å²) >= 11 is 0. The lowest BCUT2D eigenvalue weighted by Gasteiger charge is -2.23. The third-order valence-electron chi connectivity index (χ3n) is 5.73. The molecule has 0 aliphatic carbocycles. The molecular weight excluding hydrogens is 408 g/mol. The third kappa shape index (κ3) is 4.93. The Kier molecular flexibility index (Phi) is 7.11. The monoisotopic (exact) mass is 436 g/mol. The summed E-state index contributed by atoms with van der Waals surface area (Å²) in [4.78, 5) is 0. The molecule has 0 amide bonds. The van der Waals surface area contributed by atoms with Gasteiger partial charge in [-0.15, -0.1) is 0 Å². The lowest BCUT2D eigenvalue weighted by atomic mass is 9.85. The Morgan fingerprint density at radius 2 is 1.06 bits per heavy atom. The Bertz CT molecular complexity index is 1130. The smallest absolute Gasteiger partial charge is 0.130 e. The van der Waals surface area contributed by atoms with Gasteiger partial charge in [-0.05, 0) is 22.3 Å². The minimum atomic E-state index is -0.114. The van der Waals surface area contributed by atoms with Crippen LogP contribution in [0.1, 0.15) is 28.2 Å². The molecule has 166 valence electrons. The summed E-state index contributed by atoms with van der Waals surface area (Å²) < 4.78 is 17.2. The van der Waals surface area contributed by atoms with Gasteiger partial charge in [-0.2, -0.15) is 0 Å². The highest BCUT2D eigenvalue weighted by Crippen LogP contribution is 2.44. The number of hydrogen-bond donors (Lipinski definition) is 0. The topological polar surface area (TPSA) is 27.7 Å². The van der Waals surface area contributed by atoms with Crippen LogP contribution < -0.4 is 14.2 Å². The second-order valence-corrected chi connectivity index (χ2v) is 7.65. The van der Waals surface area contributed by atoms with Crippen LogP contribution in [0.3, 0.4) is 0 Å². The molecule has 33 heavy (non-hydrogen) atoms. The quantitative estimate of drug-likeness (QED) is 0.298. The fraction of sp³-hybridized carbons (Fsp3) is 0.133. The molecule has 1 atom stereocenters. The molecule has 0 radical (unpaired) electrons. The van der Waals surface area contributed by atoms with E-state index in [9.17, 15) is 0 Å². The van der Waals surface area contributed by atoms with Gasteiger partial charge in [0.25, 0.3) is 0 Å². The van der Waals surface area contributed by atoms with Crippen molar-refractivity contribution in [2.45, 2.75) is 5.92 Å². The van der Waals surface area contributed by atoms with Gasteiger partial charge in [0.15, 0.2) is 0 Å². The zero-order valence-corrected chi connectivity index (χ0v) is 19.2. The number of allylic oxidation sites excluding steroid dienone is 1. The Hall–Kier alpha value is -3.98. The maximum absolute atomic E-state index is 5.84. The minimum absolute atomic E-state index is 0.114. The van der Waals surface area contributed by atoms with Crippen LogP contribution in [0.2, 0.25) is 0 Å². The lowest BCUT2D eigenvalue weighted by molar-refractivity contribution is 0.368. The Morgan fingerprint density at radius 3 is 1.48 bits per heavy atom. The summed E-state index contributed by atoms with van der Waals surface area (Å²) in [5, 5.41) is 0. The van der Waals surface area contributed by atoms with Crippen LogP contribution in [0.4, 0.5) is 0 Å². The van der Waals surface area contributed by atoms with E-state index in [4.69, 9.17) is 14.2 Å². The minimum Gasteiger partial charge on any atom is -0.496 e. The van der Waals surface area contributed by atoms with E-state index < -0.39 is 0 Å². The van der Waals surface area contributed by atoms with Gasteiger partial charge in [-0.3, -0.25) is 0 Å². The second kappa shape index (κ2) is 10.6. The van der Waals surface area contributed by atoms with Crippen molar-refractivity contribution in [3.05, 3.63) is 131 Å². The van der Waals surface area contributed by atoms with Gasteiger partial charge in [0, 0.05) is 23.6 Å². The molecule has 0 spiro atoms. The van der Waals surface area contributed by atoms with Crippen molar-refractivity contribution in [2.75, 3.05) is 21.3 Å². The zero-order chi connectivity index (χ0) is 23.0. The summed E-state index contributed by atoms with van der Waals surface area (Å²) in [6.45, 7) is 0. The van der Waals surface area contributed by atoms with Gasteiger partial charge in [0.2, 0.25) is 0 Å². The van der Waals surface area contributed by atoms with Gasteiger partial charge in [-0.1, -0.05) is 97.1 Å². The fourth-order valence-electron chi connectivity index (χ4n) is 4.11. The average Bonchev–Trinajstić information content (AvgIpc) is 2.90. The van der Waals surface area contributed by atoms with Crippen molar-refractivity contribution in [2.24, 2.45) is 0 Å². The molecule has 0 saturated heterocycles. The summed E-state index contributed by atoms with van der Waals surface area (Å²) in [7, 11) is 5.00. The summed E-state index contributed by atoms with van der Waals surface area (Å²) in [5.74, 6) is 2.01. The molecule has 0 heterocycles. The molecule has 0 aliphatic rings. The van der Waals surface area contributed by atoms with Crippen LogP contribution in [0, 0.1) is 0 Å². The molecule has 3 nitrogen and oxygen atoms in total. The SMILES string of the molecule is COc1cc(OC)c(C(C=C(c2ccccc2)c2ccccc2)c2ccccc2)c(OC)c1. The van der Waals surface area contributed by atoms with E-state index in [1.54, 1.807) is 21.3 Å². The first-order valence-electron chi connectivity index (χ1n) is 10.9. The van der Waals surface area contributed by atoms with Crippen molar-refractivity contribution >= 4 is 5.57 Å². The van der Waals surface area contributed by atoms with E-state index in [2.05, 4.69) is 78.9 Å². The van der Waals surface area contributed by atoms with Gasteiger partial charge in [0.1, 0.15) is 17.2 Å². The molecule has 1 unspecified atom stereocenters. The van der Waals surface area contributed by atoms with E-state index in [1.165, 1.54) is 0 Å². The predicted octanol–water partition coefficient (Wildman–Crippen LogP) is 6.98. The van der Waals surface area contributed by atoms with Crippen LogP contribution in [0.15, 0.2) is 109 Å². The van der Waals surface area contributed by atoms with Gasteiger partial charge in [0.05, 0.1) is 21.3 Å². The molecule has 0 bridgehead atoms. The molecule has 0 saturated carbocycles. The van der Waals surface area contributed by atoms with E-state index in [0.29, 0.717) is 5.75 Å². The van der Waals surface area contributed by atoms with Gasteiger partial charge in [-0.25, -0.2) is 0 Å². The number of methoxy groups -OCH3 is 3. The highest BCUT2D eigenvalue weighted by atomic mass is 16.5. The van der Waals surface area contributed by atoms with Crippen molar-refractivity contribution in [3.8, 4) is 17.2 Å². The van der Waals surface area contributed by atoms with Crippen LogP contribution >= 0.6 is 0 Å². The molecule has 0 N–H and O–H groups in total. The van der Waals surface area contributed by atoms with Crippen molar-refractivity contribution in [3.63, 3.8) is 0 Å². The largest absolute Gasteiger partial charge is 0.496 e. The number of benzene rings is 4. The Morgan fingerprint density at radius 1 is 0.606 bits per heavy atom. The van der Waals surface area contributed by atoms with E-state index >= 15 is 0 Å². The first-order valence-corrected chi connectivity index (χ1v) is 10.9. The number of rotatable bonds is 8. The maximum atomic E-state index is 5.84. The average molecular weight is 437 g/mol. The molecule has 0 aliphatic heterocycles.